The molecule has 3 heterocycles. The topological polar surface area (TPSA) is 41.3 Å². The third-order valence-electron chi connectivity index (χ3n) is 6.22. The Morgan fingerprint density at radius 1 is 1.13 bits per heavy atom. The number of hydrogen-bond acceptors (Lipinski definition) is 3. The highest BCUT2D eigenvalue weighted by atomic mass is 16.3. The third kappa shape index (κ3) is 4.50. The maximum absolute atomic E-state index is 10.1. The predicted molar refractivity (Wildman–Crippen MR) is 126 cm³/mol. The van der Waals surface area contributed by atoms with Gasteiger partial charge in [0.25, 0.3) is 0 Å². The van der Waals surface area contributed by atoms with Crippen LogP contribution in [0.25, 0.3) is 22.7 Å². The highest BCUT2D eigenvalue weighted by Gasteiger charge is 2.23. The summed E-state index contributed by atoms with van der Waals surface area (Å²) >= 11 is 0. The summed E-state index contributed by atoms with van der Waals surface area (Å²) in [6.45, 7) is 11.2. The van der Waals surface area contributed by atoms with Gasteiger partial charge in [-0.2, -0.15) is 0 Å². The molecule has 0 aliphatic carbocycles. The van der Waals surface area contributed by atoms with Crippen LogP contribution in [0.15, 0.2) is 42.7 Å². The summed E-state index contributed by atoms with van der Waals surface area (Å²) in [5.74, 6) is 0. The van der Waals surface area contributed by atoms with Gasteiger partial charge in [-0.3, -0.25) is 4.98 Å². The zero-order chi connectivity index (χ0) is 21.3. The van der Waals surface area contributed by atoms with Crippen LogP contribution in [-0.4, -0.2) is 44.8 Å². The van der Waals surface area contributed by atoms with Gasteiger partial charge in [-0.25, -0.2) is 0 Å². The summed E-state index contributed by atoms with van der Waals surface area (Å²) in [5, 5.41) is 11.5. The van der Waals surface area contributed by atoms with Crippen molar-refractivity contribution < 1.29 is 5.11 Å². The van der Waals surface area contributed by atoms with Crippen molar-refractivity contribution in [2.75, 3.05) is 19.6 Å². The second-order valence-corrected chi connectivity index (χ2v) is 9.27. The van der Waals surface area contributed by atoms with E-state index >= 15 is 0 Å². The van der Waals surface area contributed by atoms with Gasteiger partial charge in [0, 0.05) is 55.7 Å². The van der Waals surface area contributed by atoms with E-state index in [2.05, 4.69) is 64.8 Å². The van der Waals surface area contributed by atoms with Crippen LogP contribution < -0.4 is 0 Å². The Balaban J connectivity index is 1.72. The van der Waals surface area contributed by atoms with Gasteiger partial charge in [-0.05, 0) is 81.5 Å². The lowest BCUT2D eigenvalue weighted by atomic mass is 10.0. The lowest BCUT2D eigenvalue weighted by Crippen LogP contribution is -2.32. The minimum absolute atomic E-state index is 0.609. The van der Waals surface area contributed by atoms with Crippen molar-refractivity contribution >= 4 is 22.7 Å². The van der Waals surface area contributed by atoms with Crippen molar-refractivity contribution in [1.29, 1.82) is 0 Å². The predicted octanol–water partition coefficient (Wildman–Crippen LogP) is 4.92. The number of pyridine rings is 1. The number of aryl methyl sites for hydroxylation is 1. The lowest BCUT2D eigenvalue weighted by Gasteiger charge is -2.24. The quantitative estimate of drug-likeness (QED) is 0.657. The molecule has 0 amide bonds. The summed E-state index contributed by atoms with van der Waals surface area (Å²) in [5.41, 5.74) is 7.34. The molecule has 0 unspecified atom stereocenters. The largest absolute Gasteiger partial charge is 0.390 e. The fourth-order valence-electron chi connectivity index (χ4n) is 4.43. The molecule has 4 rings (SSSR count). The van der Waals surface area contributed by atoms with E-state index in [1.54, 1.807) is 0 Å². The second-order valence-electron chi connectivity index (χ2n) is 9.27. The molecule has 30 heavy (non-hydrogen) atoms. The minimum atomic E-state index is -0.609. The Morgan fingerprint density at radius 3 is 2.60 bits per heavy atom. The van der Waals surface area contributed by atoms with Gasteiger partial charge in [-0.15, -0.1) is 0 Å². The second kappa shape index (κ2) is 8.37. The number of rotatable bonds is 5. The van der Waals surface area contributed by atoms with Crippen LogP contribution >= 0.6 is 0 Å². The van der Waals surface area contributed by atoms with E-state index in [-0.39, 0.29) is 0 Å². The van der Waals surface area contributed by atoms with E-state index in [1.165, 1.54) is 38.9 Å². The number of allylic oxidation sites excluding steroid dienone is 1. The fourth-order valence-corrected chi connectivity index (χ4v) is 4.43. The van der Waals surface area contributed by atoms with Crippen molar-refractivity contribution in [2.24, 2.45) is 0 Å². The molecule has 158 valence electrons. The van der Waals surface area contributed by atoms with Crippen LogP contribution in [0, 0.1) is 6.92 Å². The Morgan fingerprint density at radius 2 is 1.87 bits per heavy atom. The van der Waals surface area contributed by atoms with Crippen LogP contribution in [0.5, 0.6) is 0 Å². The molecule has 1 aliphatic rings. The van der Waals surface area contributed by atoms with Crippen molar-refractivity contribution in [1.82, 2.24) is 14.5 Å². The number of aliphatic hydroxyl groups is 1. The molecular weight excluding hydrogens is 370 g/mol. The van der Waals surface area contributed by atoms with E-state index < -0.39 is 5.60 Å². The Hall–Kier alpha value is -2.43. The molecule has 0 spiro atoms. The first-order chi connectivity index (χ1) is 14.3. The molecule has 2 aromatic heterocycles. The zero-order valence-electron chi connectivity index (χ0n) is 18.7. The van der Waals surface area contributed by atoms with Crippen LogP contribution in [-0.2, 0) is 12.8 Å². The van der Waals surface area contributed by atoms with Crippen LogP contribution in [0.1, 0.15) is 49.6 Å². The van der Waals surface area contributed by atoms with E-state index in [4.69, 9.17) is 0 Å². The maximum atomic E-state index is 10.1. The Kier molecular flexibility index (Phi) is 5.81. The maximum Gasteiger partial charge on any atom is 0.0603 e. The number of fused-ring (bicyclic) bond motifs is 3. The van der Waals surface area contributed by atoms with Gasteiger partial charge in [0.2, 0.25) is 0 Å². The van der Waals surface area contributed by atoms with Gasteiger partial charge < -0.3 is 14.6 Å². The van der Waals surface area contributed by atoms with Crippen molar-refractivity contribution in [3.63, 3.8) is 0 Å². The summed E-state index contributed by atoms with van der Waals surface area (Å²) in [6, 6.07) is 11.0. The highest BCUT2D eigenvalue weighted by Crippen LogP contribution is 2.32. The smallest absolute Gasteiger partial charge is 0.0603 e. The van der Waals surface area contributed by atoms with E-state index in [1.807, 2.05) is 26.2 Å². The summed E-state index contributed by atoms with van der Waals surface area (Å²) in [4.78, 5) is 6.66. The average molecular weight is 404 g/mol. The Labute approximate surface area is 179 Å². The number of hydrogen-bond donors (Lipinski definition) is 1. The fraction of sp³-hybridized carbons (Fsp3) is 0.423. The van der Waals surface area contributed by atoms with Crippen molar-refractivity contribution in [3.05, 3.63) is 65.1 Å². The van der Waals surface area contributed by atoms with E-state index in [0.29, 0.717) is 0 Å². The van der Waals surface area contributed by atoms with E-state index in [0.717, 1.165) is 38.9 Å². The number of nitrogens with zero attached hydrogens (tertiary/aromatic N) is 3. The number of aromatic nitrogens is 2. The highest BCUT2D eigenvalue weighted by molar-refractivity contribution is 5.90. The van der Waals surface area contributed by atoms with Gasteiger partial charge in [0.05, 0.1) is 11.1 Å². The third-order valence-corrected chi connectivity index (χ3v) is 6.22. The minimum Gasteiger partial charge on any atom is -0.390 e. The zero-order valence-corrected chi connectivity index (χ0v) is 18.7. The summed E-state index contributed by atoms with van der Waals surface area (Å²) in [7, 11) is 0. The van der Waals surface area contributed by atoms with Gasteiger partial charge >= 0.3 is 0 Å². The molecule has 3 aromatic rings. The first-order valence-electron chi connectivity index (χ1n) is 11.0. The average Bonchev–Trinajstić information content (AvgIpc) is 2.86. The van der Waals surface area contributed by atoms with E-state index in [9.17, 15) is 5.11 Å². The standard InChI is InChI=1S/C26H33N3O/c1-19-5-6-24-23(17-19)22-9-14-28(16-11-26(3,4)30)15-10-25(22)29(24)18-20(2)21-7-12-27-13-8-21/h5-8,12-13,17-18,30H,9-11,14-16H2,1-4H3/b20-18+. The number of benzene rings is 1. The van der Waals surface area contributed by atoms with Crippen LogP contribution in [0.2, 0.25) is 0 Å². The molecule has 0 saturated heterocycles. The normalized spacial score (nSPS) is 16.0. The molecule has 1 aliphatic heterocycles. The molecule has 0 saturated carbocycles. The molecular formula is C26H33N3O. The van der Waals surface area contributed by atoms with Crippen molar-refractivity contribution in [3.8, 4) is 0 Å². The van der Waals surface area contributed by atoms with Gasteiger partial charge in [0.15, 0.2) is 0 Å². The molecule has 1 aromatic carbocycles. The van der Waals surface area contributed by atoms with Crippen LogP contribution in [0.3, 0.4) is 0 Å². The van der Waals surface area contributed by atoms with Gasteiger partial charge in [-0.1, -0.05) is 11.6 Å². The molecule has 1 N–H and O–H groups in total. The summed E-state index contributed by atoms with van der Waals surface area (Å²) < 4.78 is 2.42. The SMILES string of the molecule is C/C(=C\n1c2c(c3cc(C)ccc31)CCN(CCC(C)(C)O)CC2)c1ccncc1. The van der Waals surface area contributed by atoms with Crippen molar-refractivity contribution in [2.45, 2.75) is 52.6 Å². The molecule has 0 bridgehead atoms. The Bertz CT molecular complexity index is 1060. The molecule has 4 heteroatoms. The first-order valence-corrected chi connectivity index (χ1v) is 11.0. The monoisotopic (exact) mass is 403 g/mol. The molecule has 0 radical (unpaired) electrons. The molecule has 0 atom stereocenters. The summed E-state index contributed by atoms with van der Waals surface area (Å²) in [6.07, 6.45) is 8.87. The lowest BCUT2D eigenvalue weighted by molar-refractivity contribution is 0.0582. The molecule has 0 fully saturated rings. The molecule has 4 nitrogen and oxygen atoms in total. The first kappa shape index (κ1) is 20.8. The van der Waals surface area contributed by atoms with Crippen LogP contribution in [0.4, 0.5) is 0 Å². The van der Waals surface area contributed by atoms with Gasteiger partial charge in [0.1, 0.15) is 0 Å².